The fraction of sp³-hybridized carbons (Fsp3) is 0.333. The smallest absolute Gasteiger partial charge is 0.338 e. The molecular formula is C15H18FN3O4S. The maximum atomic E-state index is 13.7. The highest BCUT2D eigenvalue weighted by molar-refractivity contribution is 7.92. The summed E-state index contributed by atoms with van der Waals surface area (Å²) >= 11 is 0. The molecule has 0 fully saturated rings. The topological polar surface area (TPSA) is 101 Å². The second-order valence-corrected chi connectivity index (χ2v) is 7.38. The lowest BCUT2D eigenvalue weighted by molar-refractivity contribution is 0.0691. The van der Waals surface area contributed by atoms with Crippen LogP contribution in [0.2, 0.25) is 0 Å². The standard InChI is InChI=1S/C15H18FN3O4S/c1-10(2)5-7-19-8-6-14(17-19)18-24(22,23)11-3-4-12(15(20)21)13(16)9-11/h3-4,6,8-10H,5,7H2,1-2H3,(H,17,18)(H,20,21). The predicted octanol–water partition coefficient (Wildman–Crippen LogP) is 2.57. The average Bonchev–Trinajstić information content (AvgIpc) is 2.91. The molecule has 0 saturated carbocycles. The lowest BCUT2D eigenvalue weighted by atomic mass is 10.1. The van der Waals surface area contributed by atoms with E-state index in [2.05, 4.69) is 23.7 Å². The monoisotopic (exact) mass is 355 g/mol. The third-order valence-electron chi connectivity index (χ3n) is 3.30. The summed E-state index contributed by atoms with van der Waals surface area (Å²) in [6.07, 6.45) is 2.55. The van der Waals surface area contributed by atoms with Gasteiger partial charge >= 0.3 is 5.97 Å². The summed E-state index contributed by atoms with van der Waals surface area (Å²) in [4.78, 5) is 10.4. The lowest BCUT2D eigenvalue weighted by Gasteiger charge is -2.07. The quantitative estimate of drug-likeness (QED) is 0.795. The molecule has 0 aliphatic carbocycles. The summed E-state index contributed by atoms with van der Waals surface area (Å²) in [6.45, 7) is 4.80. The molecule has 1 aromatic carbocycles. The SMILES string of the molecule is CC(C)CCn1ccc(NS(=O)(=O)c2ccc(C(=O)O)c(F)c2)n1. The van der Waals surface area contributed by atoms with Gasteiger partial charge in [0.1, 0.15) is 5.82 Å². The van der Waals surface area contributed by atoms with Crippen LogP contribution in [0.3, 0.4) is 0 Å². The van der Waals surface area contributed by atoms with E-state index in [1.54, 1.807) is 10.9 Å². The number of anilines is 1. The van der Waals surface area contributed by atoms with Crippen molar-refractivity contribution in [3.05, 3.63) is 41.8 Å². The summed E-state index contributed by atoms with van der Waals surface area (Å²) in [5.74, 6) is -1.98. The van der Waals surface area contributed by atoms with E-state index in [9.17, 15) is 17.6 Å². The average molecular weight is 355 g/mol. The van der Waals surface area contributed by atoms with Crippen LogP contribution in [-0.2, 0) is 16.6 Å². The maximum Gasteiger partial charge on any atom is 0.338 e. The molecule has 0 aliphatic rings. The normalized spacial score (nSPS) is 11.7. The Morgan fingerprint density at radius 2 is 2.08 bits per heavy atom. The van der Waals surface area contributed by atoms with Gasteiger partial charge in [-0.25, -0.2) is 17.6 Å². The second-order valence-electron chi connectivity index (χ2n) is 5.70. The largest absolute Gasteiger partial charge is 0.478 e. The minimum atomic E-state index is -4.05. The van der Waals surface area contributed by atoms with E-state index in [1.807, 2.05) is 0 Å². The second kappa shape index (κ2) is 7.00. The van der Waals surface area contributed by atoms with Crippen LogP contribution < -0.4 is 4.72 Å². The van der Waals surface area contributed by atoms with E-state index in [-0.39, 0.29) is 10.7 Å². The maximum absolute atomic E-state index is 13.7. The highest BCUT2D eigenvalue weighted by Crippen LogP contribution is 2.18. The highest BCUT2D eigenvalue weighted by atomic mass is 32.2. The molecule has 0 aliphatic heterocycles. The molecule has 0 amide bonds. The van der Waals surface area contributed by atoms with Crippen molar-refractivity contribution in [1.29, 1.82) is 0 Å². The van der Waals surface area contributed by atoms with E-state index in [0.717, 1.165) is 18.6 Å². The van der Waals surface area contributed by atoms with Crippen molar-refractivity contribution in [2.75, 3.05) is 4.72 Å². The molecule has 2 rings (SSSR count). The number of nitrogens with one attached hydrogen (secondary N) is 1. The molecule has 9 heteroatoms. The predicted molar refractivity (Wildman–Crippen MR) is 85.8 cm³/mol. The third-order valence-corrected chi connectivity index (χ3v) is 4.65. The number of carboxylic acids is 1. The minimum absolute atomic E-state index is 0.112. The van der Waals surface area contributed by atoms with Crippen molar-refractivity contribution < 1.29 is 22.7 Å². The number of aromatic nitrogens is 2. The summed E-state index contributed by atoms with van der Waals surface area (Å²) in [5.41, 5.74) is -0.591. The molecule has 7 nitrogen and oxygen atoms in total. The number of hydrogen-bond donors (Lipinski definition) is 2. The van der Waals surface area contributed by atoms with Crippen LogP contribution in [0.15, 0.2) is 35.4 Å². The van der Waals surface area contributed by atoms with Crippen molar-refractivity contribution in [2.45, 2.75) is 31.7 Å². The van der Waals surface area contributed by atoms with Gasteiger partial charge in [-0.1, -0.05) is 13.8 Å². The van der Waals surface area contributed by atoms with Crippen molar-refractivity contribution in [2.24, 2.45) is 5.92 Å². The summed E-state index contributed by atoms with van der Waals surface area (Å²) in [5, 5.41) is 12.9. The number of halogens is 1. The van der Waals surface area contributed by atoms with Crippen LogP contribution in [0.1, 0.15) is 30.6 Å². The van der Waals surface area contributed by atoms with Gasteiger partial charge in [-0.3, -0.25) is 9.40 Å². The van der Waals surface area contributed by atoms with Crippen molar-refractivity contribution in [3.8, 4) is 0 Å². The third kappa shape index (κ3) is 4.31. The van der Waals surface area contributed by atoms with Gasteiger partial charge in [-0.05, 0) is 30.5 Å². The fourth-order valence-electron chi connectivity index (χ4n) is 1.96. The molecule has 0 unspecified atom stereocenters. The Morgan fingerprint density at radius 1 is 1.38 bits per heavy atom. The molecular weight excluding hydrogens is 337 g/mol. The van der Waals surface area contributed by atoms with Gasteiger partial charge in [0.05, 0.1) is 10.5 Å². The number of nitrogens with zero attached hydrogens (tertiary/aromatic N) is 2. The number of benzene rings is 1. The number of carbonyl (C=O) groups is 1. The van der Waals surface area contributed by atoms with E-state index in [0.29, 0.717) is 18.5 Å². The van der Waals surface area contributed by atoms with Crippen molar-refractivity contribution in [3.63, 3.8) is 0 Å². The van der Waals surface area contributed by atoms with Gasteiger partial charge in [-0.2, -0.15) is 5.10 Å². The molecule has 0 spiro atoms. The zero-order valence-electron chi connectivity index (χ0n) is 13.2. The van der Waals surface area contributed by atoms with Gasteiger partial charge in [0.2, 0.25) is 0 Å². The Labute approximate surface area is 139 Å². The summed E-state index contributed by atoms with van der Waals surface area (Å²) < 4.78 is 42.0. The molecule has 130 valence electrons. The van der Waals surface area contributed by atoms with E-state index < -0.39 is 27.4 Å². The Kier molecular flexibility index (Phi) is 5.23. The Hall–Kier alpha value is -2.42. The first kappa shape index (κ1) is 17.9. The van der Waals surface area contributed by atoms with Gasteiger partial charge in [-0.15, -0.1) is 0 Å². The van der Waals surface area contributed by atoms with E-state index in [1.165, 1.54) is 6.07 Å². The Balaban J connectivity index is 2.17. The molecule has 2 N–H and O–H groups in total. The van der Waals surface area contributed by atoms with Gasteiger partial charge in [0, 0.05) is 18.8 Å². The molecule has 0 radical (unpaired) electrons. The summed E-state index contributed by atoms with van der Waals surface area (Å²) in [6, 6.07) is 4.11. The summed E-state index contributed by atoms with van der Waals surface area (Å²) in [7, 11) is -4.05. The number of sulfonamides is 1. The molecule has 1 heterocycles. The lowest BCUT2D eigenvalue weighted by Crippen LogP contribution is -2.15. The van der Waals surface area contributed by atoms with Crippen LogP contribution in [0.5, 0.6) is 0 Å². The number of aromatic carboxylic acids is 1. The van der Waals surface area contributed by atoms with Crippen molar-refractivity contribution >= 4 is 21.8 Å². The van der Waals surface area contributed by atoms with Crippen LogP contribution >= 0.6 is 0 Å². The van der Waals surface area contributed by atoms with Crippen LogP contribution in [0.4, 0.5) is 10.2 Å². The minimum Gasteiger partial charge on any atom is -0.478 e. The van der Waals surface area contributed by atoms with Crippen molar-refractivity contribution in [1.82, 2.24) is 9.78 Å². The van der Waals surface area contributed by atoms with Crippen LogP contribution in [-0.4, -0.2) is 29.3 Å². The fourth-order valence-corrected chi connectivity index (χ4v) is 2.97. The molecule has 2 aromatic rings. The van der Waals surface area contributed by atoms with Gasteiger partial charge < -0.3 is 5.11 Å². The first-order valence-corrected chi connectivity index (χ1v) is 8.76. The first-order chi connectivity index (χ1) is 11.2. The number of aryl methyl sites for hydroxylation is 1. The Morgan fingerprint density at radius 3 is 2.67 bits per heavy atom. The van der Waals surface area contributed by atoms with Crippen LogP contribution in [0.25, 0.3) is 0 Å². The molecule has 24 heavy (non-hydrogen) atoms. The number of carboxylic acid groups (broad SMARTS) is 1. The van der Waals surface area contributed by atoms with Gasteiger partial charge in [0.25, 0.3) is 10.0 Å². The molecule has 0 atom stereocenters. The molecule has 0 bridgehead atoms. The molecule has 1 aromatic heterocycles. The number of rotatable bonds is 7. The van der Waals surface area contributed by atoms with E-state index in [4.69, 9.17) is 5.11 Å². The first-order valence-electron chi connectivity index (χ1n) is 7.28. The van der Waals surface area contributed by atoms with Crippen LogP contribution in [0, 0.1) is 11.7 Å². The molecule has 0 saturated heterocycles. The van der Waals surface area contributed by atoms with Gasteiger partial charge in [0.15, 0.2) is 5.82 Å². The zero-order chi connectivity index (χ0) is 17.9. The number of hydrogen-bond acceptors (Lipinski definition) is 4. The Bertz CT molecular complexity index is 846. The van der Waals surface area contributed by atoms with E-state index >= 15 is 0 Å². The highest BCUT2D eigenvalue weighted by Gasteiger charge is 2.19. The zero-order valence-corrected chi connectivity index (χ0v) is 14.0.